The molecule has 2 aromatic carbocycles. The molecule has 0 saturated heterocycles. The molecule has 0 aliphatic carbocycles. The van der Waals surface area contributed by atoms with Crippen LogP contribution in [0.1, 0.15) is 22.8 Å². The van der Waals surface area contributed by atoms with E-state index in [1.165, 1.54) is 45.9 Å². The average molecular weight is 372 g/mol. The first-order valence-electron chi connectivity index (χ1n) is 7.99. The van der Waals surface area contributed by atoms with Gasteiger partial charge in [-0.1, -0.05) is 23.5 Å². The Morgan fingerprint density at radius 3 is 2.15 bits per heavy atom. The summed E-state index contributed by atoms with van der Waals surface area (Å²) in [5.41, 5.74) is 1.28. The maximum absolute atomic E-state index is 13.3. The van der Waals surface area contributed by atoms with Gasteiger partial charge in [0.25, 0.3) is 0 Å². The van der Waals surface area contributed by atoms with Crippen LogP contribution in [0.4, 0.5) is 20.3 Å². The van der Waals surface area contributed by atoms with Crippen LogP contribution in [0.2, 0.25) is 0 Å². The zero-order valence-electron chi connectivity index (χ0n) is 13.8. The van der Waals surface area contributed by atoms with Gasteiger partial charge in [0, 0.05) is 19.4 Å². The number of anilines is 2. The monoisotopic (exact) mass is 372 g/mol. The smallest absolute Gasteiger partial charge is 0.288 e. The molecule has 0 spiro atoms. The summed E-state index contributed by atoms with van der Waals surface area (Å²) in [7, 11) is 1.61. The number of carbonyl (C=O) groups excluding carboxylic acids is 1. The summed E-state index contributed by atoms with van der Waals surface area (Å²) in [6.45, 7) is 0. The number of hydrogen-bond acceptors (Lipinski definition) is 3. The van der Waals surface area contributed by atoms with Crippen molar-refractivity contribution in [3.05, 3.63) is 80.3 Å². The SMILES string of the molecule is Cn1c2c(sc1=O)[C@@H](c1ccc(F)cc1)CC(=O)N2c1ccc(F)cc1. The van der Waals surface area contributed by atoms with Crippen molar-refractivity contribution in [2.75, 3.05) is 4.90 Å². The molecule has 3 aromatic rings. The first kappa shape index (κ1) is 16.7. The molecule has 0 fully saturated rings. The normalized spacial score (nSPS) is 16.7. The Kier molecular flexibility index (Phi) is 3.96. The first-order valence-corrected chi connectivity index (χ1v) is 8.81. The van der Waals surface area contributed by atoms with Gasteiger partial charge in [-0.3, -0.25) is 19.1 Å². The molecule has 1 aromatic heterocycles. The van der Waals surface area contributed by atoms with Crippen molar-refractivity contribution in [3.8, 4) is 0 Å². The number of thiazole rings is 1. The highest BCUT2D eigenvalue weighted by molar-refractivity contribution is 7.10. The molecule has 4 nitrogen and oxygen atoms in total. The molecule has 4 rings (SSSR count). The summed E-state index contributed by atoms with van der Waals surface area (Å²) in [5.74, 6) is -0.787. The van der Waals surface area contributed by atoms with Crippen molar-refractivity contribution < 1.29 is 13.6 Å². The van der Waals surface area contributed by atoms with E-state index in [-0.39, 0.29) is 28.9 Å². The number of benzene rings is 2. The maximum atomic E-state index is 13.3. The molecule has 0 saturated carbocycles. The average Bonchev–Trinajstić information content (AvgIpc) is 2.92. The molecule has 1 atom stereocenters. The predicted molar refractivity (Wildman–Crippen MR) is 96.0 cm³/mol. The van der Waals surface area contributed by atoms with Gasteiger partial charge in [0.05, 0.1) is 10.6 Å². The van der Waals surface area contributed by atoms with Crippen LogP contribution in [0.25, 0.3) is 0 Å². The molecule has 0 unspecified atom stereocenters. The van der Waals surface area contributed by atoms with Crippen LogP contribution in [-0.4, -0.2) is 10.5 Å². The number of carbonyl (C=O) groups is 1. The molecule has 2 heterocycles. The van der Waals surface area contributed by atoms with E-state index in [2.05, 4.69) is 0 Å². The largest absolute Gasteiger partial charge is 0.308 e. The molecule has 0 bridgehead atoms. The highest BCUT2D eigenvalue weighted by Gasteiger charge is 2.37. The van der Waals surface area contributed by atoms with Gasteiger partial charge in [-0.05, 0) is 42.0 Å². The molecule has 1 amide bonds. The summed E-state index contributed by atoms with van der Waals surface area (Å²) in [6.07, 6.45) is 0.149. The Hall–Kier alpha value is -2.80. The maximum Gasteiger partial charge on any atom is 0.308 e. The number of hydrogen-bond donors (Lipinski definition) is 0. The number of aromatic nitrogens is 1. The van der Waals surface area contributed by atoms with Gasteiger partial charge < -0.3 is 0 Å². The lowest BCUT2D eigenvalue weighted by Crippen LogP contribution is -2.34. The standard InChI is InChI=1S/C19H14F2N2O2S/c1-22-18-17(26-19(22)25)15(11-2-4-12(20)5-3-11)10-16(24)23(18)14-8-6-13(21)7-9-14/h2-9,15H,10H2,1H3/t15-/m1/s1. The lowest BCUT2D eigenvalue weighted by Gasteiger charge is -2.32. The highest BCUT2D eigenvalue weighted by atomic mass is 32.1. The second-order valence-corrected chi connectivity index (χ2v) is 7.12. The molecule has 1 aliphatic heterocycles. The molecule has 7 heteroatoms. The Bertz CT molecular complexity index is 1040. The van der Waals surface area contributed by atoms with Crippen LogP contribution in [0.3, 0.4) is 0 Å². The minimum absolute atomic E-state index is 0.149. The quantitative estimate of drug-likeness (QED) is 0.684. The van der Waals surface area contributed by atoms with Crippen LogP contribution < -0.4 is 9.77 Å². The van der Waals surface area contributed by atoms with Crippen molar-refractivity contribution in [1.82, 2.24) is 4.57 Å². The molecule has 0 N–H and O–H groups in total. The summed E-state index contributed by atoms with van der Waals surface area (Å²) >= 11 is 1.07. The summed E-state index contributed by atoms with van der Waals surface area (Å²) < 4.78 is 27.9. The molecule has 26 heavy (non-hydrogen) atoms. The van der Waals surface area contributed by atoms with E-state index in [1.54, 1.807) is 19.2 Å². The second-order valence-electron chi connectivity index (χ2n) is 6.13. The van der Waals surface area contributed by atoms with Crippen LogP contribution in [0.5, 0.6) is 0 Å². The van der Waals surface area contributed by atoms with E-state index in [4.69, 9.17) is 0 Å². The van der Waals surface area contributed by atoms with E-state index in [1.807, 2.05) is 0 Å². The van der Waals surface area contributed by atoms with Crippen molar-refractivity contribution in [1.29, 1.82) is 0 Å². The summed E-state index contributed by atoms with van der Waals surface area (Å²) in [4.78, 5) is 27.2. The van der Waals surface area contributed by atoms with Crippen LogP contribution in [0.15, 0.2) is 53.3 Å². The number of rotatable bonds is 2. The lowest BCUT2D eigenvalue weighted by atomic mass is 9.90. The molecular weight excluding hydrogens is 358 g/mol. The lowest BCUT2D eigenvalue weighted by molar-refractivity contribution is -0.118. The van der Waals surface area contributed by atoms with Gasteiger partial charge in [-0.25, -0.2) is 8.78 Å². The topological polar surface area (TPSA) is 42.3 Å². The van der Waals surface area contributed by atoms with Crippen LogP contribution in [0, 0.1) is 11.6 Å². The fourth-order valence-corrected chi connectivity index (χ4v) is 4.34. The molecular formula is C19H14F2N2O2S. The predicted octanol–water partition coefficient (Wildman–Crippen LogP) is 3.93. The van der Waals surface area contributed by atoms with Gasteiger partial charge in [-0.2, -0.15) is 0 Å². The van der Waals surface area contributed by atoms with E-state index in [0.29, 0.717) is 11.5 Å². The highest BCUT2D eigenvalue weighted by Crippen LogP contribution is 2.44. The molecule has 132 valence electrons. The van der Waals surface area contributed by atoms with Gasteiger partial charge >= 0.3 is 4.87 Å². The van der Waals surface area contributed by atoms with Gasteiger partial charge in [0.1, 0.15) is 17.5 Å². The zero-order chi connectivity index (χ0) is 18.4. The molecule has 1 aliphatic rings. The Morgan fingerprint density at radius 1 is 0.962 bits per heavy atom. The van der Waals surface area contributed by atoms with Gasteiger partial charge in [-0.15, -0.1) is 0 Å². The fourth-order valence-electron chi connectivity index (χ4n) is 3.24. The third kappa shape index (κ3) is 2.64. The third-order valence-electron chi connectivity index (χ3n) is 4.52. The minimum Gasteiger partial charge on any atom is -0.288 e. The summed E-state index contributed by atoms with van der Waals surface area (Å²) in [5, 5.41) is 0. The number of amides is 1. The van der Waals surface area contributed by atoms with Crippen LogP contribution in [-0.2, 0) is 11.8 Å². The van der Waals surface area contributed by atoms with E-state index >= 15 is 0 Å². The van der Waals surface area contributed by atoms with Crippen molar-refractivity contribution >= 4 is 28.7 Å². The third-order valence-corrected chi connectivity index (χ3v) is 5.66. The van der Waals surface area contributed by atoms with Crippen molar-refractivity contribution in [3.63, 3.8) is 0 Å². The zero-order valence-corrected chi connectivity index (χ0v) is 14.6. The second kappa shape index (κ2) is 6.17. The van der Waals surface area contributed by atoms with Crippen molar-refractivity contribution in [2.45, 2.75) is 12.3 Å². The number of halogens is 2. The first-order chi connectivity index (χ1) is 12.5. The fraction of sp³-hybridized carbons (Fsp3) is 0.158. The minimum atomic E-state index is -0.401. The van der Waals surface area contributed by atoms with E-state index in [0.717, 1.165) is 21.8 Å². The Morgan fingerprint density at radius 2 is 1.54 bits per heavy atom. The van der Waals surface area contributed by atoms with Crippen molar-refractivity contribution in [2.24, 2.45) is 7.05 Å². The van der Waals surface area contributed by atoms with E-state index in [9.17, 15) is 18.4 Å². The number of nitrogens with zero attached hydrogens (tertiary/aromatic N) is 2. The van der Waals surface area contributed by atoms with Gasteiger partial charge in [0.2, 0.25) is 5.91 Å². The Labute approximate surface area is 151 Å². The van der Waals surface area contributed by atoms with Gasteiger partial charge in [0.15, 0.2) is 0 Å². The van der Waals surface area contributed by atoms with E-state index < -0.39 is 5.82 Å². The Balaban J connectivity index is 1.88. The summed E-state index contributed by atoms with van der Waals surface area (Å²) in [6, 6.07) is 11.5. The molecule has 0 radical (unpaired) electrons. The van der Waals surface area contributed by atoms with Crippen LogP contribution >= 0.6 is 11.3 Å². The number of fused-ring (bicyclic) bond motifs is 1.